The zero-order valence-corrected chi connectivity index (χ0v) is 24.9. The monoisotopic (exact) mass is 527 g/mol. The zero-order chi connectivity index (χ0) is 27.7. The summed E-state index contributed by atoms with van der Waals surface area (Å²) in [5, 5.41) is 4.05. The molecule has 1 heterocycles. The van der Waals surface area contributed by atoms with E-state index in [2.05, 4.69) is 98.9 Å². The van der Waals surface area contributed by atoms with Gasteiger partial charge >= 0.3 is 0 Å². The Morgan fingerprint density at radius 2 is 1.41 bits per heavy atom. The third-order valence-corrected chi connectivity index (χ3v) is 8.90. The van der Waals surface area contributed by atoms with Gasteiger partial charge in [0.25, 0.3) is 0 Å². The topological polar surface area (TPSA) is 30.5 Å². The van der Waals surface area contributed by atoms with Gasteiger partial charge in [-0.25, -0.2) is 0 Å². The molecule has 0 bridgehead atoms. The van der Waals surface area contributed by atoms with Gasteiger partial charge in [0.1, 0.15) is 0 Å². The number of nitrogens with one attached hydrogen (secondary N) is 1. The predicted molar refractivity (Wildman–Crippen MR) is 164 cm³/mol. The Balaban J connectivity index is 1.70. The third-order valence-electron chi connectivity index (χ3n) is 8.90. The van der Waals surface area contributed by atoms with E-state index in [-0.39, 0.29) is 11.0 Å². The maximum Gasteiger partial charge on any atom is 0.161 e. The average Bonchev–Trinajstić information content (AvgIpc) is 2.97. The Bertz CT molecular complexity index is 1120. The fourth-order valence-electron chi connectivity index (χ4n) is 6.99. The van der Waals surface area contributed by atoms with Gasteiger partial charge in [-0.05, 0) is 72.4 Å². The Hall–Kier alpha value is -2.78. The van der Waals surface area contributed by atoms with E-state index >= 15 is 0 Å². The fourth-order valence-corrected chi connectivity index (χ4v) is 6.99. The first-order valence-electron chi connectivity index (χ1n) is 15.1. The summed E-state index contributed by atoms with van der Waals surface area (Å²) in [7, 11) is 3.49. The minimum absolute atomic E-state index is 0.0193. The summed E-state index contributed by atoms with van der Waals surface area (Å²) in [5.41, 5.74) is 5.67. The molecule has 210 valence electrons. The van der Waals surface area contributed by atoms with Crippen LogP contribution in [0.15, 0.2) is 72.8 Å². The third kappa shape index (κ3) is 6.52. The molecule has 39 heavy (non-hydrogen) atoms. The smallest absolute Gasteiger partial charge is 0.161 e. The van der Waals surface area contributed by atoms with Crippen molar-refractivity contribution in [3.05, 3.63) is 95.1 Å². The number of rotatable bonds is 14. The molecular weight excluding hydrogens is 478 g/mol. The number of methoxy groups -OCH3 is 2. The Morgan fingerprint density at radius 1 is 0.821 bits per heavy atom. The molecule has 1 atom stereocenters. The summed E-state index contributed by atoms with van der Waals surface area (Å²) < 4.78 is 11.5. The fraction of sp³-hybridized carbons (Fsp3) is 0.500. The second-order valence-corrected chi connectivity index (χ2v) is 11.8. The number of fused-ring (bicyclic) bond motifs is 1. The summed E-state index contributed by atoms with van der Waals surface area (Å²) in [6, 6.07) is 26.9. The zero-order valence-electron chi connectivity index (χ0n) is 24.9. The van der Waals surface area contributed by atoms with Crippen molar-refractivity contribution in [1.29, 1.82) is 0 Å². The Kier molecular flexibility index (Phi) is 10.1. The minimum atomic E-state index is -0.0483. The number of hydrogen-bond acceptors (Lipinski definition) is 3. The van der Waals surface area contributed by atoms with Gasteiger partial charge < -0.3 is 14.8 Å². The van der Waals surface area contributed by atoms with Gasteiger partial charge in [-0.2, -0.15) is 0 Å². The molecule has 3 nitrogen and oxygen atoms in total. The van der Waals surface area contributed by atoms with E-state index in [1.807, 2.05) is 0 Å². The van der Waals surface area contributed by atoms with E-state index in [9.17, 15) is 0 Å². The average molecular weight is 528 g/mol. The van der Waals surface area contributed by atoms with Crippen molar-refractivity contribution in [2.75, 3.05) is 20.8 Å². The molecule has 0 saturated carbocycles. The SMILES string of the molecule is CCCC(CCCC1(CCCC(C)C)NCCc2cc(OC)c(OC)cc21)(c1ccccc1)c1ccccc1. The van der Waals surface area contributed by atoms with E-state index in [4.69, 9.17) is 9.47 Å². The summed E-state index contributed by atoms with van der Waals surface area (Å²) in [6.45, 7) is 8.00. The Labute approximate surface area is 237 Å². The molecule has 3 heteroatoms. The molecule has 3 aromatic rings. The second-order valence-electron chi connectivity index (χ2n) is 11.8. The quantitative estimate of drug-likeness (QED) is 0.227. The molecule has 1 aliphatic heterocycles. The molecule has 0 spiro atoms. The molecule has 0 amide bonds. The van der Waals surface area contributed by atoms with Gasteiger partial charge in [-0.1, -0.05) is 107 Å². The van der Waals surface area contributed by atoms with E-state index in [1.54, 1.807) is 14.2 Å². The van der Waals surface area contributed by atoms with Gasteiger partial charge in [0.15, 0.2) is 11.5 Å². The highest BCUT2D eigenvalue weighted by Crippen LogP contribution is 2.46. The number of hydrogen-bond donors (Lipinski definition) is 1. The van der Waals surface area contributed by atoms with E-state index < -0.39 is 0 Å². The van der Waals surface area contributed by atoms with Gasteiger partial charge in [0, 0.05) is 17.5 Å². The number of ether oxygens (including phenoxy) is 2. The van der Waals surface area contributed by atoms with Gasteiger partial charge in [0.2, 0.25) is 0 Å². The standard InChI is InChI=1S/C36H49NO2/c1-6-21-35(30-16-9-7-10-17-30,31-18-11-8-12-19-31)22-14-24-36(23-13-15-28(2)3)32-27-34(39-5)33(38-4)26-29(32)20-25-37-36/h7-12,16-19,26-28,37H,6,13-15,20-25H2,1-5H3. The van der Waals surface area contributed by atoms with E-state index in [0.29, 0.717) is 5.92 Å². The second kappa shape index (κ2) is 13.5. The molecule has 0 aromatic heterocycles. The van der Waals surface area contributed by atoms with Crippen LogP contribution in [0.2, 0.25) is 0 Å². The molecular formula is C36H49NO2. The lowest BCUT2D eigenvalue weighted by Gasteiger charge is -2.43. The van der Waals surface area contributed by atoms with Gasteiger partial charge in [0.05, 0.1) is 14.2 Å². The van der Waals surface area contributed by atoms with Crippen LogP contribution in [0.1, 0.15) is 94.4 Å². The largest absolute Gasteiger partial charge is 0.493 e. The molecule has 1 N–H and O–H groups in total. The Morgan fingerprint density at radius 3 is 1.97 bits per heavy atom. The van der Waals surface area contributed by atoms with Crippen LogP contribution in [-0.4, -0.2) is 20.8 Å². The summed E-state index contributed by atoms with van der Waals surface area (Å²) in [4.78, 5) is 0. The van der Waals surface area contributed by atoms with Crippen LogP contribution in [0.5, 0.6) is 11.5 Å². The highest BCUT2D eigenvalue weighted by Gasteiger charge is 2.39. The van der Waals surface area contributed by atoms with Crippen LogP contribution in [0.3, 0.4) is 0 Å². The minimum Gasteiger partial charge on any atom is -0.493 e. The van der Waals surface area contributed by atoms with Crippen molar-refractivity contribution in [2.45, 2.75) is 89.5 Å². The van der Waals surface area contributed by atoms with Crippen LogP contribution in [-0.2, 0) is 17.4 Å². The summed E-state index contributed by atoms with van der Waals surface area (Å²) in [5.74, 6) is 2.38. The van der Waals surface area contributed by atoms with E-state index in [0.717, 1.165) is 63.0 Å². The van der Waals surface area contributed by atoms with Gasteiger partial charge in [-0.15, -0.1) is 0 Å². The van der Waals surface area contributed by atoms with Crippen LogP contribution < -0.4 is 14.8 Å². The van der Waals surface area contributed by atoms with Crippen LogP contribution >= 0.6 is 0 Å². The lowest BCUT2D eigenvalue weighted by molar-refractivity contribution is 0.240. The van der Waals surface area contributed by atoms with Crippen molar-refractivity contribution >= 4 is 0 Å². The summed E-state index contributed by atoms with van der Waals surface area (Å²) in [6.07, 6.45) is 10.3. The van der Waals surface area contributed by atoms with Crippen molar-refractivity contribution in [2.24, 2.45) is 5.92 Å². The lowest BCUT2D eigenvalue weighted by Crippen LogP contribution is -2.47. The highest BCUT2D eigenvalue weighted by molar-refractivity contribution is 5.51. The maximum atomic E-state index is 5.79. The van der Waals surface area contributed by atoms with Crippen molar-refractivity contribution in [3.8, 4) is 11.5 Å². The molecule has 1 unspecified atom stereocenters. The first-order chi connectivity index (χ1) is 19.0. The molecule has 4 rings (SSSR count). The van der Waals surface area contributed by atoms with Crippen molar-refractivity contribution in [3.63, 3.8) is 0 Å². The number of benzene rings is 3. The molecule has 0 aliphatic carbocycles. The molecule has 1 aliphatic rings. The van der Waals surface area contributed by atoms with Crippen molar-refractivity contribution in [1.82, 2.24) is 5.32 Å². The summed E-state index contributed by atoms with van der Waals surface area (Å²) >= 11 is 0. The lowest BCUT2D eigenvalue weighted by atomic mass is 9.67. The highest BCUT2D eigenvalue weighted by atomic mass is 16.5. The molecule has 3 aromatic carbocycles. The first-order valence-corrected chi connectivity index (χ1v) is 15.1. The predicted octanol–water partition coefficient (Wildman–Crippen LogP) is 8.83. The molecule has 0 saturated heterocycles. The van der Waals surface area contributed by atoms with E-state index in [1.165, 1.54) is 35.1 Å². The normalized spacial score (nSPS) is 17.2. The maximum absolute atomic E-state index is 5.79. The van der Waals surface area contributed by atoms with Crippen LogP contribution in [0.4, 0.5) is 0 Å². The molecule has 0 radical (unpaired) electrons. The van der Waals surface area contributed by atoms with Crippen molar-refractivity contribution < 1.29 is 9.47 Å². The van der Waals surface area contributed by atoms with Crippen LogP contribution in [0.25, 0.3) is 0 Å². The van der Waals surface area contributed by atoms with Crippen LogP contribution in [0, 0.1) is 5.92 Å². The first kappa shape index (κ1) is 29.2. The van der Waals surface area contributed by atoms with Gasteiger partial charge in [-0.3, -0.25) is 0 Å². The molecule has 0 fully saturated rings.